The third kappa shape index (κ3) is 4.61. The highest BCUT2D eigenvalue weighted by molar-refractivity contribution is 5.81. The van der Waals surface area contributed by atoms with E-state index in [1.165, 1.54) is 0 Å². The van der Waals surface area contributed by atoms with Crippen molar-refractivity contribution in [3.05, 3.63) is 29.8 Å². The molecule has 2 N–H and O–H groups in total. The van der Waals surface area contributed by atoms with Crippen molar-refractivity contribution >= 4 is 17.6 Å². The van der Waals surface area contributed by atoms with Crippen LogP contribution in [-0.2, 0) is 9.59 Å². The molecule has 0 spiro atoms. The Morgan fingerprint density at radius 1 is 1.30 bits per heavy atom. The van der Waals surface area contributed by atoms with Crippen LogP contribution in [-0.4, -0.2) is 31.1 Å². The summed E-state index contributed by atoms with van der Waals surface area (Å²) in [6.07, 6.45) is -0.382. The van der Waals surface area contributed by atoms with Gasteiger partial charge in [0.25, 0.3) is 0 Å². The summed E-state index contributed by atoms with van der Waals surface area (Å²) in [6.45, 7) is 0. The van der Waals surface area contributed by atoms with Crippen LogP contribution in [0.25, 0.3) is 0 Å². The number of carbonyl (C=O) groups excluding carboxylic acids is 1. The molecule has 1 amide bonds. The van der Waals surface area contributed by atoms with Gasteiger partial charge in [0.15, 0.2) is 0 Å². The number of nitrogens with one attached hydrogen (secondary N) is 1. The van der Waals surface area contributed by atoms with Crippen molar-refractivity contribution in [2.24, 2.45) is 0 Å². The number of amides is 1. The lowest BCUT2D eigenvalue weighted by Gasteiger charge is -2.15. The van der Waals surface area contributed by atoms with Gasteiger partial charge in [-0.1, -0.05) is 12.1 Å². The molecule has 6 heteroatoms. The molecule has 6 nitrogen and oxygen atoms in total. The van der Waals surface area contributed by atoms with Crippen molar-refractivity contribution in [1.29, 1.82) is 5.26 Å². The molecule has 106 valence electrons. The Bertz CT molecular complexity index is 517. The van der Waals surface area contributed by atoms with Crippen LogP contribution in [0, 0.1) is 11.3 Å². The Labute approximate surface area is 117 Å². The van der Waals surface area contributed by atoms with E-state index < -0.39 is 17.9 Å². The number of anilines is 1. The van der Waals surface area contributed by atoms with Crippen molar-refractivity contribution in [3.63, 3.8) is 0 Å². The molecule has 0 heterocycles. The number of benzene rings is 1. The average molecular weight is 275 g/mol. The first kappa shape index (κ1) is 15.5. The lowest BCUT2D eigenvalue weighted by molar-refractivity contribution is -0.138. The Morgan fingerprint density at radius 3 is 2.35 bits per heavy atom. The van der Waals surface area contributed by atoms with Gasteiger partial charge in [-0.25, -0.2) is 0 Å². The van der Waals surface area contributed by atoms with Gasteiger partial charge in [-0.2, -0.15) is 5.26 Å². The number of nitriles is 1. The summed E-state index contributed by atoms with van der Waals surface area (Å²) in [5, 5.41) is 20.1. The Kier molecular flexibility index (Phi) is 5.54. The third-order valence-corrected chi connectivity index (χ3v) is 2.74. The van der Waals surface area contributed by atoms with E-state index in [1.807, 2.05) is 37.2 Å². The van der Waals surface area contributed by atoms with E-state index >= 15 is 0 Å². The van der Waals surface area contributed by atoms with Crippen molar-refractivity contribution in [2.75, 3.05) is 19.0 Å². The molecule has 0 aliphatic heterocycles. The molecule has 0 aliphatic carbocycles. The number of hydrogen-bond acceptors (Lipinski definition) is 4. The van der Waals surface area contributed by atoms with Crippen molar-refractivity contribution < 1.29 is 14.7 Å². The zero-order chi connectivity index (χ0) is 15.1. The number of carboxylic acid groups (broad SMARTS) is 1. The smallest absolute Gasteiger partial charge is 0.303 e. The highest BCUT2D eigenvalue weighted by atomic mass is 16.4. The van der Waals surface area contributed by atoms with Gasteiger partial charge in [-0.15, -0.1) is 0 Å². The maximum Gasteiger partial charge on any atom is 0.303 e. The lowest BCUT2D eigenvalue weighted by atomic mass is 10.1. The monoisotopic (exact) mass is 275 g/mol. The van der Waals surface area contributed by atoms with Crippen molar-refractivity contribution in [1.82, 2.24) is 5.32 Å². The van der Waals surface area contributed by atoms with Gasteiger partial charge in [0.2, 0.25) is 5.91 Å². The zero-order valence-electron chi connectivity index (χ0n) is 11.5. The van der Waals surface area contributed by atoms with Crippen LogP contribution in [0.15, 0.2) is 24.3 Å². The molecule has 20 heavy (non-hydrogen) atoms. The fourth-order valence-electron chi connectivity index (χ4n) is 1.61. The van der Waals surface area contributed by atoms with Gasteiger partial charge in [0.1, 0.15) is 6.04 Å². The van der Waals surface area contributed by atoms with Crippen LogP contribution in [0.1, 0.15) is 24.4 Å². The minimum Gasteiger partial charge on any atom is -0.481 e. The fourth-order valence-corrected chi connectivity index (χ4v) is 1.61. The van der Waals surface area contributed by atoms with Crippen molar-refractivity contribution in [3.8, 4) is 6.07 Å². The van der Waals surface area contributed by atoms with Gasteiger partial charge in [-0.3, -0.25) is 9.59 Å². The van der Waals surface area contributed by atoms with E-state index in [1.54, 1.807) is 12.1 Å². The van der Waals surface area contributed by atoms with Gasteiger partial charge in [0, 0.05) is 26.2 Å². The summed E-state index contributed by atoms with van der Waals surface area (Å²) < 4.78 is 0. The van der Waals surface area contributed by atoms with E-state index in [-0.39, 0.29) is 12.8 Å². The standard InChI is InChI=1S/C14H17N3O3/c1-17(2)11-5-3-10(4-6-11)12(9-15)16-13(18)7-8-14(19)20/h3-6,12H,7-8H2,1-2H3,(H,16,18)(H,19,20). The number of hydrogen-bond donors (Lipinski definition) is 2. The van der Waals surface area contributed by atoms with Crippen LogP contribution < -0.4 is 10.2 Å². The van der Waals surface area contributed by atoms with E-state index in [4.69, 9.17) is 10.4 Å². The molecule has 1 rings (SSSR count). The Morgan fingerprint density at radius 2 is 1.90 bits per heavy atom. The quantitative estimate of drug-likeness (QED) is 0.816. The summed E-state index contributed by atoms with van der Waals surface area (Å²) in [7, 11) is 3.81. The number of carboxylic acids is 1. The predicted octanol–water partition coefficient (Wildman–Crippen LogP) is 1.30. The normalized spacial score (nSPS) is 11.2. The lowest BCUT2D eigenvalue weighted by Crippen LogP contribution is -2.27. The molecule has 0 saturated carbocycles. The van der Waals surface area contributed by atoms with Crippen molar-refractivity contribution in [2.45, 2.75) is 18.9 Å². The minimum absolute atomic E-state index is 0.136. The first-order valence-corrected chi connectivity index (χ1v) is 6.12. The number of carbonyl (C=O) groups is 2. The van der Waals surface area contributed by atoms with Gasteiger partial charge in [-0.05, 0) is 17.7 Å². The first-order chi connectivity index (χ1) is 9.43. The second-order valence-corrected chi connectivity index (χ2v) is 4.51. The first-order valence-electron chi connectivity index (χ1n) is 6.12. The van der Waals surface area contributed by atoms with Crippen LogP contribution in [0.5, 0.6) is 0 Å². The van der Waals surface area contributed by atoms with Gasteiger partial charge < -0.3 is 15.3 Å². The zero-order valence-corrected chi connectivity index (χ0v) is 11.5. The fraction of sp³-hybridized carbons (Fsp3) is 0.357. The third-order valence-electron chi connectivity index (χ3n) is 2.74. The molecule has 0 saturated heterocycles. The highest BCUT2D eigenvalue weighted by Gasteiger charge is 2.14. The average Bonchev–Trinajstić information content (AvgIpc) is 2.42. The number of nitrogens with zero attached hydrogens (tertiary/aromatic N) is 2. The largest absolute Gasteiger partial charge is 0.481 e. The van der Waals surface area contributed by atoms with E-state index in [0.29, 0.717) is 5.56 Å². The molecule has 1 aromatic rings. The van der Waals surface area contributed by atoms with Gasteiger partial charge >= 0.3 is 5.97 Å². The SMILES string of the molecule is CN(C)c1ccc(C(C#N)NC(=O)CCC(=O)O)cc1. The topological polar surface area (TPSA) is 93.4 Å². The highest BCUT2D eigenvalue weighted by Crippen LogP contribution is 2.17. The molecule has 0 bridgehead atoms. The molecule has 1 aromatic carbocycles. The van der Waals surface area contributed by atoms with Gasteiger partial charge in [0.05, 0.1) is 12.5 Å². The maximum atomic E-state index is 11.5. The van der Waals surface area contributed by atoms with Crippen LogP contribution in [0.2, 0.25) is 0 Å². The summed E-state index contributed by atoms with van der Waals surface area (Å²) >= 11 is 0. The van der Waals surface area contributed by atoms with Crippen LogP contribution in [0.3, 0.4) is 0 Å². The molecule has 0 fully saturated rings. The molecular weight excluding hydrogens is 258 g/mol. The van der Waals surface area contributed by atoms with Crippen LogP contribution in [0.4, 0.5) is 5.69 Å². The predicted molar refractivity (Wildman–Crippen MR) is 74.1 cm³/mol. The Hall–Kier alpha value is -2.55. The molecular formula is C14H17N3O3. The minimum atomic E-state index is -1.04. The Balaban J connectivity index is 2.69. The summed E-state index contributed by atoms with van der Waals surface area (Å²) in [5.74, 6) is -1.49. The summed E-state index contributed by atoms with van der Waals surface area (Å²) in [4.78, 5) is 23.8. The molecule has 0 aliphatic rings. The maximum absolute atomic E-state index is 11.5. The van der Waals surface area contributed by atoms with Crippen LogP contribution >= 0.6 is 0 Å². The molecule has 0 radical (unpaired) electrons. The second kappa shape index (κ2) is 7.14. The van der Waals surface area contributed by atoms with E-state index in [9.17, 15) is 9.59 Å². The van der Waals surface area contributed by atoms with E-state index in [2.05, 4.69) is 5.32 Å². The molecule has 0 aromatic heterocycles. The second-order valence-electron chi connectivity index (χ2n) is 4.51. The van der Waals surface area contributed by atoms with E-state index in [0.717, 1.165) is 5.69 Å². The molecule has 1 unspecified atom stereocenters. The number of aliphatic carboxylic acids is 1. The summed E-state index contributed by atoms with van der Waals surface area (Å²) in [6, 6.07) is 8.45. The number of rotatable bonds is 6. The summed E-state index contributed by atoms with van der Waals surface area (Å²) in [5.41, 5.74) is 1.66. The molecule has 1 atom stereocenters.